The lowest BCUT2D eigenvalue weighted by Crippen LogP contribution is -2.53. The van der Waals surface area contributed by atoms with Crippen molar-refractivity contribution in [2.45, 2.75) is 12.8 Å². The number of carbonyl (C=O) groups is 3. The van der Waals surface area contributed by atoms with E-state index >= 15 is 0 Å². The smallest absolute Gasteiger partial charge is 0.239 e. The summed E-state index contributed by atoms with van der Waals surface area (Å²) in [7, 11) is 0. The highest BCUT2D eigenvalue weighted by molar-refractivity contribution is 6.23. The van der Waals surface area contributed by atoms with Crippen molar-refractivity contribution in [1.82, 2.24) is 0 Å². The lowest BCUT2D eigenvalue weighted by atomic mass is 9.54. The van der Waals surface area contributed by atoms with Crippen LogP contribution in [0.15, 0.2) is 42.5 Å². The Labute approximate surface area is 127 Å². The molecule has 5 rings (SSSR count). The van der Waals surface area contributed by atoms with Gasteiger partial charge in [-0.2, -0.15) is 0 Å². The lowest BCUT2D eigenvalue weighted by molar-refractivity contribution is -0.141. The molecule has 112 valence electrons. The van der Waals surface area contributed by atoms with Gasteiger partial charge in [-0.3, -0.25) is 14.4 Å². The first-order valence-corrected chi connectivity index (χ1v) is 7.48. The Morgan fingerprint density at radius 1 is 1.18 bits per heavy atom. The summed E-state index contributed by atoms with van der Waals surface area (Å²) in [5, 5.41) is 0. The van der Waals surface area contributed by atoms with E-state index in [0.717, 1.165) is 6.42 Å². The Morgan fingerprint density at radius 2 is 1.91 bits per heavy atom. The summed E-state index contributed by atoms with van der Waals surface area (Å²) in [6, 6.07) is 8.87. The van der Waals surface area contributed by atoms with Gasteiger partial charge < -0.3 is 5.73 Å². The van der Waals surface area contributed by atoms with Gasteiger partial charge in [0.2, 0.25) is 17.7 Å². The van der Waals surface area contributed by atoms with Crippen molar-refractivity contribution in [3.63, 3.8) is 0 Å². The van der Waals surface area contributed by atoms with Crippen LogP contribution >= 0.6 is 0 Å². The third kappa shape index (κ3) is 1.46. The van der Waals surface area contributed by atoms with Crippen molar-refractivity contribution in [2.24, 2.45) is 28.9 Å². The topological polar surface area (TPSA) is 80.5 Å². The zero-order valence-electron chi connectivity index (χ0n) is 11.9. The second kappa shape index (κ2) is 4.29. The molecule has 3 amide bonds. The maximum absolute atomic E-state index is 12.9. The molecular weight excluding hydrogens is 280 g/mol. The first kappa shape index (κ1) is 13.2. The molecule has 0 spiro atoms. The van der Waals surface area contributed by atoms with Crippen LogP contribution in [0.25, 0.3) is 0 Å². The van der Waals surface area contributed by atoms with Gasteiger partial charge >= 0.3 is 0 Å². The van der Waals surface area contributed by atoms with Crippen LogP contribution < -0.4 is 10.6 Å². The molecule has 1 heterocycles. The summed E-state index contributed by atoms with van der Waals surface area (Å²) in [5.41, 5.74) is 5.17. The number of benzene rings is 1. The maximum atomic E-state index is 12.9. The SMILES string of the molecule is NC(=O)[C@@]12C=C[C@@H](CC1)[C@H]1C(=O)N(c3ccccc3)C(=O)[C@@H]12. The Morgan fingerprint density at radius 3 is 2.50 bits per heavy atom. The Hall–Kier alpha value is -2.43. The average molecular weight is 296 g/mol. The van der Waals surface area contributed by atoms with E-state index in [-0.39, 0.29) is 17.7 Å². The van der Waals surface area contributed by atoms with Crippen LogP contribution in [-0.4, -0.2) is 17.7 Å². The fraction of sp³-hybridized carbons (Fsp3) is 0.353. The molecule has 4 aliphatic rings. The molecule has 1 aromatic carbocycles. The van der Waals surface area contributed by atoms with Crippen molar-refractivity contribution in [1.29, 1.82) is 0 Å². The zero-order chi connectivity index (χ0) is 15.5. The quantitative estimate of drug-likeness (QED) is 0.658. The number of nitrogens with two attached hydrogens (primary N) is 1. The summed E-state index contributed by atoms with van der Waals surface area (Å²) >= 11 is 0. The molecule has 2 N–H and O–H groups in total. The van der Waals surface area contributed by atoms with Crippen molar-refractivity contribution in [3.8, 4) is 0 Å². The third-order valence-electron chi connectivity index (χ3n) is 5.37. The van der Waals surface area contributed by atoms with E-state index in [1.165, 1.54) is 4.90 Å². The van der Waals surface area contributed by atoms with Crippen LogP contribution in [-0.2, 0) is 14.4 Å². The highest BCUT2D eigenvalue weighted by Crippen LogP contribution is 2.56. The van der Waals surface area contributed by atoms with E-state index in [2.05, 4.69) is 0 Å². The average Bonchev–Trinajstić information content (AvgIpc) is 2.83. The third-order valence-corrected chi connectivity index (χ3v) is 5.37. The standard InChI is InChI=1S/C17H16N2O3/c18-16(22)17-8-6-10(7-9-17)12-13(17)15(21)19(14(12)20)11-4-2-1-3-5-11/h1-6,8,10,12-13H,7,9H2,(H2,18,22)/t10-,12+,13+,17-/m0/s1. The number of primary amides is 1. The van der Waals surface area contributed by atoms with Crippen LogP contribution in [0, 0.1) is 23.2 Å². The summed E-state index contributed by atoms with van der Waals surface area (Å²) in [6.45, 7) is 0. The first-order valence-electron chi connectivity index (χ1n) is 7.48. The number of fused-ring (bicyclic) bond motifs is 1. The summed E-state index contributed by atoms with van der Waals surface area (Å²) in [6.07, 6.45) is 4.94. The largest absolute Gasteiger partial charge is 0.369 e. The second-order valence-electron chi connectivity index (χ2n) is 6.32. The highest BCUT2D eigenvalue weighted by atomic mass is 16.2. The molecule has 5 heteroatoms. The number of rotatable bonds is 2. The molecule has 1 saturated heterocycles. The van der Waals surface area contributed by atoms with Crippen LogP contribution in [0.3, 0.4) is 0 Å². The molecule has 4 atom stereocenters. The molecule has 1 saturated carbocycles. The molecule has 0 unspecified atom stereocenters. The van der Waals surface area contributed by atoms with Gasteiger partial charge in [0.25, 0.3) is 0 Å². The van der Waals surface area contributed by atoms with E-state index in [1.54, 1.807) is 30.3 Å². The Bertz CT molecular complexity index is 712. The highest BCUT2D eigenvalue weighted by Gasteiger charge is 2.65. The van der Waals surface area contributed by atoms with E-state index in [4.69, 9.17) is 5.73 Å². The van der Waals surface area contributed by atoms with Crippen LogP contribution in [0.4, 0.5) is 5.69 Å². The molecule has 5 nitrogen and oxygen atoms in total. The van der Waals surface area contributed by atoms with Crippen molar-refractivity contribution in [2.75, 3.05) is 4.90 Å². The van der Waals surface area contributed by atoms with Gasteiger partial charge in [0.15, 0.2) is 0 Å². The minimum Gasteiger partial charge on any atom is -0.369 e. The molecule has 1 aliphatic heterocycles. The molecule has 2 bridgehead atoms. The number of carbonyl (C=O) groups excluding carboxylic acids is 3. The number of imide groups is 1. The Kier molecular flexibility index (Phi) is 2.58. The number of nitrogens with zero attached hydrogens (tertiary/aromatic N) is 1. The molecule has 0 radical (unpaired) electrons. The maximum Gasteiger partial charge on any atom is 0.239 e. The minimum absolute atomic E-state index is 0.0244. The van der Waals surface area contributed by atoms with Crippen LogP contribution in [0.1, 0.15) is 12.8 Å². The summed E-state index contributed by atoms with van der Waals surface area (Å²) in [4.78, 5) is 39.0. The van der Waals surface area contributed by atoms with E-state index in [1.807, 2.05) is 12.1 Å². The normalized spacial score (nSPS) is 35.8. The van der Waals surface area contributed by atoms with E-state index in [0.29, 0.717) is 12.1 Å². The Balaban J connectivity index is 1.84. The monoisotopic (exact) mass is 296 g/mol. The van der Waals surface area contributed by atoms with Gasteiger partial charge in [0.1, 0.15) is 0 Å². The van der Waals surface area contributed by atoms with Gasteiger partial charge in [-0.25, -0.2) is 4.90 Å². The van der Waals surface area contributed by atoms with Gasteiger partial charge in [-0.15, -0.1) is 0 Å². The number of para-hydroxylation sites is 1. The fourth-order valence-electron chi connectivity index (χ4n) is 4.29. The van der Waals surface area contributed by atoms with Gasteiger partial charge in [0.05, 0.1) is 22.9 Å². The number of allylic oxidation sites excluding steroid dienone is 1. The van der Waals surface area contributed by atoms with Crippen molar-refractivity contribution >= 4 is 23.4 Å². The van der Waals surface area contributed by atoms with E-state index < -0.39 is 23.2 Å². The molecule has 0 aromatic heterocycles. The predicted molar refractivity (Wildman–Crippen MR) is 79.4 cm³/mol. The fourth-order valence-corrected chi connectivity index (χ4v) is 4.29. The van der Waals surface area contributed by atoms with Crippen molar-refractivity contribution < 1.29 is 14.4 Å². The van der Waals surface area contributed by atoms with Gasteiger partial charge in [-0.1, -0.05) is 30.4 Å². The van der Waals surface area contributed by atoms with E-state index in [9.17, 15) is 14.4 Å². The summed E-state index contributed by atoms with van der Waals surface area (Å²) in [5.74, 6) is -2.10. The predicted octanol–water partition coefficient (Wildman–Crippen LogP) is 1.24. The molecule has 3 aliphatic carbocycles. The number of hydrogen-bond donors (Lipinski definition) is 1. The van der Waals surface area contributed by atoms with Gasteiger partial charge in [0, 0.05) is 0 Å². The first-order chi connectivity index (χ1) is 10.6. The molecule has 1 aromatic rings. The molecule has 2 fully saturated rings. The molecule has 22 heavy (non-hydrogen) atoms. The minimum atomic E-state index is -1.00. The summed E-state index contributed by atoms with van der Waals surface area (Å²) < 4.78 is 0. The van der Waals surface area contributed by atoms with Gasteiger partial charge in [-0.05, 0) is 30.9 Å². The van der Waals surface area contributed by atoms with Crippen LogP contribution in [0.5, 0.6) is 0 Å². The molecular formula is C17H16N2O3. The van der Waals surface area contributed by atoms with Crippen molar-refractivity contribution in [3.05, 3.63) is 42.5 Å². The second-order valence-corrected chi connectivity index (χ2v) is 6.32. The zero-order valence-corrected chi connectivity index (χ0v) is 11.9. The number of hydrogen-bond acceptors (Lipinski definition) is 3. The van der Waals surface area contributed by atoms with Crippen LogP contribution in [0.2, 0.25) is 0 Å². The number of anilines is 1. The number of amides is 3. The lowest BCUT2D eigenvalue weighted by Gasteiger charge is -2.45.